The Morgan fingerprint density at radius 2 is 2.64 bits per heavy atom. The second kappa shape index (κ2) is 5.70. The van der Waals surface area contributed by atoms with E-state index in [1.54, 1.807) is 0 Å². The lowest BCUT2D eigenvalue weighted by molar-refractivity contribution is -0.144. The van der Waals surface area contributed by atoms with E-state index in [9.17, 15) is 4.79 Å². The molecule has 0 aliphatic carbocycles. The fourth-order valence-corrected chi connectivity index (χ4v) is 1.23. The van der Waals surface area contributed by atoms with E-state index in [2.05, 4.69) is 22.5 Å². The van der Waals surface area contributed by atoms with Crippen LogP contribution in [0, 0.1) is 0 Å². The summed E-state index contributed by atoms with van der Waals surface area (Å²) < 4.78 is 5.03. The van der Waals surface area contributed by atoms with Crippen molar-refractivity contribution in [2.45, 2.75) is 25.8 Å². The summed E-state index contributed by atoms with van der Waals surface area (Å²) >= 11 is 4.69. The van der Waals surface area contributed by atoms with Gasteiger partial charge in [0.25, 0.3) is 0 Å². The smallest absolute Gasteiger partial charge is 0.332 e. The van der Waals surface area contributed by atoms with E-state index in [4.69, 9.17) is 4.74 Å². The first kappa shape index (κ1) is 11.1. The molecular weight excluding hydrogens is 200 g/mol. The third-order valence-electron chi connectivity index (χ3n) is 1.90. The van der Waals surface area contributed by atoms with Crippen LogP contribution in [0.2, 0.25) is 0 Å². The number of hydrogen-bond donors (Lipinski definition) is 1. The highest BCUT2D eigenvalue weighted by atomic mass is 32.1. The molecule has 0 amide bonds. The summed E-state index contributed by atoms with van der Waals surface area (Å²) in [7, 11) is 0. The van der Waals surface area contributed by atoms with Gasteiger partial charge in [0.2, 0.25) is 0 Å². The molecule has 0 bridgehead atoms. The first-order valence-electron chi connectivity index (χ1n) is 4.71. The number of ether oxygens (including phenoxy) is 1. The summed E-state index contributed by atoms with van der Waals surface area (Å²) in [6, 6.07) is -0.416. The molecule has 1 rings (SSSR count). The topological polar surface area (TPSA) is 50.7 Å². The SMILES string of the molecule is CCCCOC(=O)C1CNC(C=S)=N1. The van der Waals surface area contributed by atoms with Crippen LogP contribution in [0.3, 0.4) is 0 Å². The van der Waals surface area contributed by atoms with E-state index in [1.807, 2.05) is 6.92 Å². The molecule has 0 aromatic carbocycles. The number of esters is 1. The zero-order valence-corrected chi connectivity index (χ0v) is 8.97. The molecule has 1 heterocycles. The van der Waals surface area contributed by atoms with E-state index in [0.29, 0.717) is 19.0 Å². The number of hydrogen-bond acceptors (Lipinski definition) is 5. The standard InChI is InChI=1S/C9H14N2O2S/c1-2-3-4-13-9(12)7-5-10-8(6-14)11-7/h6-7H,2-5H2,1H3,(H,10,11). The Morgan fingerprint density at radius 3 is 3.21 bits per heavy atom. The molecular formula is C9H14N2O2S. The van der Waals surface area contributed by atoms with Crippen molar-refractivity contribution >= 4 is 29.4 Å². The highest BCUT2D eigenvalue weighted by Crippen LogP contribution is 2.01. The zero-order valence-electron chi connectivity index (χ0n) is 8.16. The number of aliphatic imine (C=N–C) groups is 1. The van der Waals surface area contributed by atoms with Crippen LogP contribution in [-0.2, 0) is 9.53 Å². The van der Waals surface area contributed by atoms with Gasteiger partial charge in [-0.05, 0) is 6.42 Å². The molecule has 0 saturated carbocycles. The molecule has 0 aromatic heterocycles. The molecule has 1 N–H and O–H groups in total. The maximum Gasteiger partial charge on any atom is 0.332 e. The minimum absolute atomic E-state index is 0.266. The first-order valence-corrected chi connectivity index (χ1v) is 5.18. The average molecular weight is 214 g/mol. The van der Waals surface area contributed by atoms with Gasteiger partial charge in [0.15, 0.2) is 6.04 Å². The van der Waals surface area contributed by atoms with Crippen molar-refractivity contribution in [1.82, 2.24) is 5.32 Å². The minimum Gasteiger partial charge on any atom is -0.464 e. The monoisotopic (exact) mass is 214 g/mol. The van der Waals surface area contributed by atoms with Crippen LogP contribution in [0.15, 0.2) is 4.99 Å². The Kier molecular flexibility index (Phi) is 4.52. The highest BCUT2D eigenvalue weighted by Gasteiger charge is 2.23. The molecule has 0 aromatic rings. The van der Waals surface area contributed by atoms with Crippen LogP contribution in [0.4, 0.5) is 0 Å². The number of thiocarbonyl (C=S) groups is 1. The fraction of sp³-hybridized carbons (Fsp3) is 0.667. The molecule has 4 nitrogen and oxygen atoms in total. The minimum atomic E-state index is -0.416. The number of carbonyl (C=O) groups is 1. The van der Waals surface area contributed by atoms with Crippen molar-refractivity contribution in [1.29, 1.82) is 0 Å². The van der Waals surface area contributed by atoms with Crippen LogP contribution >= 0.6 is 12.2 Å². The second-order valence-corrected chi connectivity index (χ2v) is 3.29. The molecule has 1 aliphatic heterocycles. The van der Waals surface area contributed by atoms with Gasteiger partial charge in [-0.2, -0.15) is 0 Å². The Labute approximate surface area is 88.7 Å². The van der Waals surface area contributed by atoms with E-state index < -0.39 is 6.04 Å². The van der Waals surface area contributed by atoms with Gasteiger partial charge in [0, 0.05) is 11.9 Å². The zero-order chi connectivity index (χ0) is 10.4. The van der Waals surface area contributed by atoms with Gasteiger partial charge in [0.1, 0.15) is 5.84 Å². The van der Waals surface area contributed by atoms with E-state index >= 15 is 0 Å². The molecule has 0 radical (unpaired) electrons. The molecule has 1 unspecified atom stereocenters. The quantitative estimate of drug-likeness (QED) is 0.416. The summed E-state index contributed by atoms with van der Waals surface area (Å²) in [5.74, 6) is 0.329. The van der Waals surface area contributed by atoms with Crippen LogP contribution in [-0.4, -0.2) is 36.4 Å². The molecule has 0 fully saturated rings. The van der Waals surface area contributed by atoms with Gasteiger partial charge in [-0.3, -0.25) is 4.99 Å². The van der Waals surface area contributed by atoms with E-state index in [0.717, 1.165) is 12.8 Å². The Bertz CT molecular complexity index is 253. The summed E-state index contributed by atoms with van der Waals surface area (Å²) in [5.41, 5.74) is 0. The summed E-state index contributed by atoms with van der Waals surface area (Å²) in [4.78, 5) is 15.4. The number of nitrogens with zero attached hydrogens (tertiary/aromatic N) is 1. The van der Waals surface area contributed by atoms with Crippen molar-refractivity contribution in [2.24, 2.45) is 4.99 Å². The van der Waals surface area contributed by atoms with E-state index in [-0.39, 0.29) is 5.97 Å². The third-order valence-corrected chi connectivity index (χ3v) is 2.12. The van der Waals surface area contributed by atoms with Gasteiger partial charge in [0.05, 0.1) is 6.61 Å². The molecule has 5 heteroatoms. The lowest BCUT2D eigenvalue weighted by Gasteiger charge is -2.06. The number of unbranched alkanes of at least 4 members (excludes halogenated alkanes) is 1. The van der Waals surface area contributed by atoms with Gasteiger partial charge < -0.3 is 10.1 Å². The lowest BCUT2D eigenvalue weighted by Crippen LogP contribution is -2.28. The number of carbonyl (C=O) groups excluding carboxylic acids is 1. The second-order valence-electron chi connectivity index (χ2n) is 3.05. The van der Waals surface area contributed by atoms with Crippen molar-refractivity contribution in [3.63, 3.8) is 0 Å². The molecule has 14 heavy (non-hydrogen) atoms. The Balaban J connectivity index is 2.32. The number of amidine groups is 1. The largest absolute Gasteiger partial charge is 0.464 e. The molecule has 0 saturated heterocycles. The maximum absolute atomic E-state index is 11.4. The normalized spacial score (nSPS) is 19.8. The van der Waals surface area contributed by atoms with Gasteiger partial charge in [-0.15, -0.1) is 0 Å². The van der Waals surface area contributed by atoms with Crippen LogP contribution in [0.5, 0.6) is 0 Å². The first-order chi connectivity index (χ1) is 6.77. The van der Waals surface area contributed by atoms with Crippen LogP contribution in [0.1, 0.15) is 19.8 Å². The molecule has 1 atom stereocenters. The summed E-state index contributed by atoms with van der Waals surface area (Å²) in [6.45, 7) is 3.02. The molecule has 78 valence electrons. The summed E-state index contributed by atoms with van der Waals surface area (Å²) in [6.07, 6.45) is 1.92. The summed E-state index contributed by atoms with van der Waals surface area (Å²) in [5, 5.41) is 4.35. The average Bonchev–Trinajstić information content (AvgIpc) is 2.66. The number of rotatable bonds is 5. The van der Waals surface area contributed by atoms with Gasteiger partial charge in [-0.25, -0.2) is 4.79 Å². The fourth-order valence-electron chi connectivity index (χ4n) is 1.08. The van der Waals surface area contributed by atoms with Crippen LogP contribution < -0.4 is 5.32 Å². The predicted octanol–water partition coefficient (Wildman–Crippen LogP) is 0.700. The van der Waals surface area contributed by atoms with Crippen molar-refractivity contribution in [3.05, 3.63) is 0 Å². The Morgan fingerprint density at radius 1 is 1.86 bits per heavy atom. The predicted molar refractivity (Wildman–Crippen MR) is 58.7 cm³/mol. The van der Waals surface area contributed by atoms with Crippen molar-refractivity contribution in [2.75, 3.05) is 13.2 Å². The van der Waals surface area contributed by atoms with Crippen molar-refractivity contribution < 1.29 is 9.53 Å². The molecule has 1 aliphatic rings. The van der Waals surface area contributed by atoms with Gasteiger partial charge >= 0.3 is 5.97 Å². The van der Waals surface area contributed by atoms with Gasteiger partial charge in [-0.1, -0.05) is 25.6 Å². The Hall–Kier alpha value is -0.970. The maximum atomic E-state index is 11.4. The number of nitrogens with one attached hydrogen (secondary N) is 1. The highest BCUT2D eigenvalue weighted by molar-refractivity contribution is 7.80. The molecule has 0 spiro atoms. The van der Waals surface area contributed by atoms with E-state index in [1.165, 1.54) is 5.37 Å². The van der Waals surface area contributed by atoms with Crippen LogP contribution in [0.25, 0.3) is 0 Å². The van der Waals surface area contributed by atoms with Crippen molar-refractivity contribution in [3.8, 4) is 0 Å². The third kappa shape index (κ3) is 3.06. The lowest BCUT2D eigenvalue weighted by atomic mass is 10.3.